The van der Waals surface area contributed by atoms with E-state index < -0.39 is 0 Å². The molecule has 1 atom stereocenters. The second-order valence-corrected chi connectivity index (χ2v) is 8.93. The first-order chi connectivity index (χ1) is 15.2. The molecular weight excluding hydrogens is 411 g/mol. The van der Waals surface area contributed by atoms with E-state index in [1.807, 2.05) is 18.2 Å². The molecule has 0 saturated carbocycles. The number of aromatic nitrogens is 3. The van der Waals surface area contributed by atoms with Crippen LogP contribution >= 0.6 is 11.3 Å². The van der Waals surface area contributed by atoms with Crippen LogP contribution in [0.4, 0.5) is 4.39 Å². The minimum absolute atomic E-state index is 0.241. The van der Waals surface area contributed by atoms with E-state index in [0.717, 1.165) is 35.0 Å². The Hall–Kier alpha value is -2.90. The molecule has 2 N–H and O–H groups in total. The van der Waals surface area contributed by atoms with E-state index in [1.165, 1.54) is 22.9 Å². The highest BCUT2D eigenvalue weighted by molar-refractivity contribution is 7.18. The SMILES string of the molecule is NC(COc1nc(-c2ccncc2)nc2sc3c(c12)CCCC3)Cc1ccccc1F. The highest BCUT2D eigenvalue weighted by Crippen LogP contribution is 2.40. The van der Waals surface area contributed by atoms with Crippen molar-refractivity contribution in [3.63, 3.8) is 0 Å². The van der Waals surface area contributed by atoms with Crippen LogP contribution in [0.25, 0.3) is 21.6 Å². The van der Waals surface area contributed by atoms with Crippen molar-refractivity contribution in [1.82, 2.24) is 15.0 Å². The molecule has 1 unspecified atom stereocenters. The molecular formula is C24H23FN4OS. The second-order valence-electron chi connectivity index (χ2n) is 7.85. The Morgan fingerprint density at radius 2 is 1.87 bits per heavy atom. The molecule has 1 aromatic carbocycles. The van der Waals surface area contributed by atoms with Crippen LogP contribution in [0.2, 0.25) is 0 Å². The first kappa shape index (κ1) is 20.0. The first-order valence-electron chi connectivity index (χ1n) is 10.5. The molecule has 0 amide bonds. The van der Waals surface area contributed by atoms with Crippen LogP contribution in [0.3, 0.4) is 0 Å². The molecule has 5 nitrogen and oxygen atoms in total. The number of aryl methyl sites for hydroxylation is 2. The van der Waals surface area contributed by atoms with Crippen molar-refractivity contribution in [3.8, 4) is 17.3 Å². The van der Waals surface area contributed by atoms with Crippen LogP contribution in [0.5, 0.6) is 5.88 Å². The van der Waals surface area contributed by atoms with Crippen LogP contribution in [0.1, 0.15) is 28.8 Å². The predicted octanol–water partition coefficient (Wildman–Crippen LogP) is 4.72. The molecule has 3 aromatic heterocycles. The maximum absolute atomic E-state index is 14.0. The highest BCUT2D eigenvalue weighted by atomic mass is 32.1. The average Bonchev–Trinajstić information content (AvgIpc) is 3.18. The summed E-state index contributed by atoms with van der Waals surface area (Å²) in [6, 6.07) is 10.1. The summed E-state index contributed by atoms with van der Waals surface area (Å²) in [7, 11) is 0. The third kappa shape index (κ3) is 4.16. The summed E-state index contributed by atoms with van der Waals surface area (Å²) in [5.41, 5.74) is 9.09. The summed E-state index contributed by atoms with van der Waals surface area (Å²) in [5.74, 6) is 0.945. The number of hydrogen-bond acceptors (Lipinski definition) is 6. The van der Waals surface area contributed by atoms with Crippen LogP contribution in [0, 0.1) is 5.82 Å². The van der Waals surface area contributed by atoms with Crippen molar-refractivity contribution >= 4 is 21.6 Å². The molecule has 0 spiro atoms. The van der Waals surface area contributed by atoms with Gasteiger partial charge in [0.25, 0.3) is 0 Å². The molecule has 0 bridgehead atoms. The molecule has 31 heavy (non-hydrogen) atoms. The van der Waals surface area contributed by atoms with Gasteiger partial charge in [-0.2, -0.15) is 4.98 Å². The molecule has 4 aromatic rings. The molecule has 1 aliphatic rings. The maximum Gasteiger partial charge on any atom is 0.226 e. The largest absolute Gasteiger partial charge is 0.475 e. The number of fused-ring (bicyclic) bond motifs is 3. The fraction of sp³-hybridized carbons (Fsp3) is 0.292. The van der Waals surface area contributed by atoms with E-state index in [9.17, 15) is 4.39 Å². The first-order valence-corrected chi connectivity index (χ1v) is 11.3. The Kier molecular flexibility index (Phi) is 5.61. The second kappa shape index (κ2) is 8.69. The Bertz CT molecular complexity index is 1210. The van der Waals surface area contributed by atoms with Crippen LogP contribution < -0.4 is 10.5 Å². The lowest BCUT2D eigenvalue weighted by atomic mass is 9.97. The minimum atomic E-state index is -0.347. The zero-order valence-electron chi connectivity index (χ0n) is 17.1. The fourth-order valence-corrected chi connectivity index (χ4v) is 5.30. The third-order valence-electron chi connectivity index (χ3n) is 5.59. The summed E-state index contributed by atoms with van der Waals surface area (Å²) < 4.78 is 20.2. The van der Waals surface area contributed by atoms with E-state index in [-0.39, 0.29) is 18.5 Å². The van der Waals surface area contributed by atoms with E-state index in [4.69, 9.17) is 20.4 Å². The molecule has 0 fully saturated rings. The Labute approximate surface area is 184 Å². The molecule has 3 heterocycles. The van der Waals surface area contributed by atoms with Crippen molar-refractivity contribution in [2.24, 2.45) is 5.73 Å². The van der Waals surface area contributed by atoms with Crippen LogP contribution in [0.15, 0.2) is 48.8 Å². The number of pyridine rings is 1. The lowest BCUT2D eigenvalue weighted by molar-refractivity contribution is 0.280. The predicted molar refractivity (Wildman–Crippen MR) is 121 cm³/mol. The Morgan fingerprint density at radius 3 is 2.71 bits per heavy atom. The van der Waals surface area contributed by atoms with Gasteiger partial charge in [-0.1, -0.05) is 18.2 Å². The molecule has 0 radical (unpaired) electrons. The zero-order valence-corrected chi connectivity index (χ0v) is 17.9. The lowest BCUT2D eigenvalue weighted by Gasteiger charge is -2.16. The van der Waals surface area contributed by atoms with Gasteiger partial charge in [0.2, 0.25) is 5.88 Å². The van der Waals surface area contributed by atoms with Crippen molar-refractivity contribution < 1.29 is 9.13 Å². The Morgan fingerprint density at radius 1 is 1.06 bits per heavy atom. The fourth-order valence-electron chi connectivity index (χ4n) is 4.05. The summed E-state index contributed by atoms with van der Waals surface area (Å²) in [4.78, 5) is 16.0. The average molecular weight is 435 g/mol. The molecule has 158 valence electrons. The topological polar surface area (TPSA) is 73.9 Å². The molecule has 0 aliphatic heterocycles. The summed E-state index contributed by atoms with van der Waals surface area (Å²) in [6.07, 6.45) is 8.32. The number of thiophene rings is 1. The number of nitrogens with zero attached hydrogens (tertiary/aromatic N) is 3. The third-order valence-corrected chi connectivity index (χ3v) is 6.78. The van der Waals surface area contributed by atoms with Gasteiger partial charge in [-0.3, -0.25) is 4.98 Å². The smallest absolute Gasteiger partial charge is 0.226 e. The number of rotatable bonds is 6. The number of hydrogen-bond donors (Lipinski definition) is 1. The number of nitrogens with two attached hydrogens (primary N) is 1. The molecule has 0 saturated heterocycles. The van der Waals surface area contributed by atoms with Gasteiger partial charge in [0.05, 0.1) is 5.39 Å². The molecule has 5 rings (SSSR count). The number of halogens is 1. The van der Waals surface area contributed by atoms with Crippen LogP contribution in [-0.4, -0.2) is 27.6 Å². The van der Waals surface area contributed by atoms with Gasteiger partial charge in [-0.25, -0.2) is 9.37 Å². The van der Waals surface area contributed by atoms with Gasteiger partial charge in [-0.15, -0.1) is 11.3 Å². The van der Waals surface area contributed by atoms with E-state index in [2.05, 4.69) is 4.98 Å². The number of benzene rings is 1. The van der Waals surface area contributed by atoms with Crippen molar-refractivity contribution in [2.45, 2.75) is 38.1 Å². The highest BCUT2D eigenvalue weighted by Gasteiger charge is 2.23. The van der Waals surface area contributed by atoms with Crippen molar-refractivity contribution in [1.29, 1.82) is 0 Å². The molecule has 7 heteroatoms. The summed E-state index contributed by atoms with van der Waals surface area (Å²) in [5, 5.41) is 1.01. The lowest BCUT2D eigenvalue weighted by Crippen LogP contribution is -2.30. The Balaban J connectivity index is 1.47. The van der Waals surface area contributed by atoms with Gasteiger partial charge < -0.3 is 10.5 Å². The standard InChI is InChI=1S/C24H23FN4OS/c25-19-7-3-1-5-16(19)13-17(26)14-30-23-21-18-6-2-4-8-20(18)31-24(21)29-22(28-23)15-9-11-27-12-10-15/h1,3,5,7,9-12,17H,2,4,6,8,13-14,26H2. The number of ether oxygens (including phenoxy) is 1. The monoisotopic (exact) mass is 434 g/mol. The van der Waals surface area contributed by atoms with E-state index in [0.29, 0.717) is 23.7 Å². The van der Waals surface area contributed by atoms with Crippen molar-refractivity contribution in [3.05, 3.63) is 70.6 Å². The summed E-state index contributed by atoms with van der Waals surface area (Å²) in [6.45, 7) is 0.251. The van der Waals surface area contributed by atoms with Crippen LogP contribution in [-0.2, 0) is 19.3 Å². The van der Waals surface area contributed by atoms with Gasteiger partial charge >= 0.3 is 0 Å². The normalized spacial score (nSPS) is 14.4. The zero-order chi connectivity index (χ0) is 21.2. The minimum Gasteiger partial charge on any atom is -0.475 e. The summed E-state index contributed by atoms with van der Waals surface area (Å²) >= 11 is 1.73. The van der Waals surface area contributed by atoms with Gasteiger partial charge in [-0.05, 0) is 61.4 Å². The maximum atomic E-state index is 14.0. The van der Waals surface area contributed by atoms with E-state index >= 15 is 0 Å². The van der Waals surface area contributed by atoms with Gasteiger partial charge in [0, 0.05) is 28.9 Å². The van der Waals surface area contributed by atoms with Gasteiger partial charge in [0.15, 0.2) is 5.82 Å². The van der Waals surface area contributed by atoms with E-state index in [1.54, 1.807) is 35.9 Å². The quantitative estimate of drug-likeness (QED) is 0.475. The van der Waals surface area contributed by atoms with Crippen molar-refractivity contribution in [2.75, 3.05) is 6.61 Å². The van der Waals surface area contributed by atoms with Gasteiger partial charge in [0.1, 0.15) is 17.3 Å². The molecule has 1 aliphatic carbocycles.